The smallest absolute Gasteiger partial charge is 0.174 e. The van der Waals surface area contributed by atoms with Crippen LogP contribution >= 0.6 is 0 Å². The summed E-state index contributed by atoms with van der Waals surface area (Å²) in [6.07, 6.45) is 3.87. The summed E-state index contributed by atoms with van der Waals surface area (Å²) in [4.78, 5) is 0. The van der Waals surface area contributed by atoms with Crippen LogP contribution in [0.5, 0.6) is 5.75 Å². The van der Waals surface area contributed by atoms with Crippen molar-refractivity contribution in [3.05, 3.63) is 47.8 Å². The Kier molecular flexibility index (Phi) is 5.15. The van der Waals surface area contributed by atoms with Gasteiger partial charge in [-0.2, -0.15) is 10.4 Å². The molecule has 0 atom stereocenters. The standard InChI is InChI=1S/C15H18N4O/c1-13-10-18-19(12-13)8-7-17-11-14-4-2-3-5-15(14)20-9-6-16/h2-5,10,12,17H,7-9,11H2,1H3. The molecule has 1 N–H and O–H groups in total. The molecule has 104 valence electrons. The fourth-order valence-electron chi connectivity index (χ4n) is 1.91. The average molecular weight is 270 g/mol. The number of nitrogens with zero attached hydrogens (tertiary/aromatic N) is 3. The number of nitrogens with one attached hydrogen (secondary N) is 1. The van der Waals surface area contributed by atoms with Gasteiger partial charge in [-0.3, -0.25) is 4.68 Å². The fraction of sp³-hybridized carbons (Fsp3) is 0.333. The molecule has 0 aliphatic carbocycles. The van der Waals surface area contributed by atoms with Crippen molar-refractivity contribution in [3.8, 4) is 11.8 Å². The number of aryl methyl sites for hydroxylation is 1. The van der Waals surface area contributed by atoms with Crippen LogP contribution < -0.4 is 10.1 Å². The summed E-state index contributed by atoms with van der Waals surface area (Å²) >= 11 is 0. The van der Waals surface area contributed by atoms with Crippen LogP contribution in [0.4, 0.5) is 0 Å². The monoisotopic (exact) mass is 270 g/mol. The summed E-state index contributed by atoms with van der Waals surface area (Å²) < 4.78 is 7.30. The number of aromatic nitrogens is 2. The van der Waals surface area contributed by atoms with Gasteiger partial charge < -0.3 is 10.1 Å². The lowest BCUT2D eigenvalue weighted by Gasteiger charge is -2.10. The molecule has 5 nitrogen and oxygen atoms in total. The van der Waals surface area contributed by atoms with Crippen molar-refractivity contribution in [2.45, 2.75) is 20.0 Å². The highest BCUT2D eigenvalue weighted by atomic mass is 16.5. The number of hydrogen-bond acceptors (Lipinski definition) is 4. The van der Waals surface area contributed by atoms with Crippen LogP contribution in [0.2, 0.25) is 0 Å². The number of benzene rings is 1. The van der Waals surface area contributed by atoms with E-state index < -0.39 is 0 Å². The average Bonchev–Trinajstić information content (AvgIpc) is 2.88. The van der Waals surface area contributed by atoms with Gasteiger partial charge in [-0.1, -0.05) is 18.2 Å². The van der Waals surface area contributed by atoms with Gasteiger partial charge in [0.05, 0.1) is 12.7 Å². The molecule has 2 rings (SSSR count). The Balaban J connectivity index is 1.80. The number of hydrogen-bond donors (Lipinski definition) is 1. The second-order valence-electron chi connectivity index (χ2n) is 4.51. The van der Waals surface area contributed by atoms with E-state index in [1.165, 1.54) is 5.56 Å². The van der Waals surface area contributed by atoms with Crippen LogP contribution in [-0.2, 0) is 13.1 Å². The van der Waals surface area contributed by atoms with Gasteiger partial charge >= 0.3 is 0 Å². The highest BCUT2D eigenvalue weighted by Crippen LogP contribution is 2.17. The van der Waals surface area contributed by atoms with Crippen molar-refractivity contribution >= 4 is 0 Å². The molecule has 1 aromatic carbocycles. The highest BCUT2D eigenvalue weighted by molar-refractivity contribution is 5.33. The Hall–Kier alpha value is -2.32. The number of nitriles is 1. The lowest BCUT2D eigenvalue weighted by molar-refractivity contribution is 0.362. The molecule has 1 aromatic heterocycles. The first-order valence-electron chi connectivity index (χ1n) is 6.57. The third-order valence-corrected chi connectivity index (χ3v) is 2.86. The maximum absolute atomic E-state index is 8.56. The minimum Gasteiger partial charge on any atom is -0.478 e. The topological polar surface area (TPSA) is 62.9 Å². The van der Waals surface area contributed by atoms with Crippen molar-refractivity contribution in [2.24, 2.45) is 0 Å². The van der Waals surface area contributed by atoms with E-state index >= 15 is 0 Å². The Morgan fingerprint density at radius 1 is 1.40 bits per heavy atom. The minimum atomic E-state index is 0.0730. The first kappa shape index (κ1) is 14.1. The van der Waals surface area contributed by atoms with Gasteiger partial charge in [-0.25, -0.2) is 0 Å². The number of para-hydroxylation sites is 1. The molecule has 0 fully saturated rings. The van der Waals surface area contributed by atoms with E-state index in [1.807, 2.05) is 54.3 Å². The second-order valence-corrected chi connectivity index (χ2v) is 4.51. The Bertz CT molecular complexity index is 586. The SMILES string of the molecule is Cc1cnn(CCNCc2ccccc2OCC#N)c1. The van der Waals surface area contributed by atoms with Crippen molar-refractivity contribution in [2.75, 3.05) is 13.2 Å². The molecule has 0 saturated heterocycles. The molecular weight excluding hydrogens is 252 g/mol. The molecule has 0 spiro atoms. The maximum atomic E-state index is 8.56. The Labute approximate surface area is 118 Å². The fourth-order valence-corrected chi connectivity index (χ4v) is 1.91. The lowest BCUT2D eigenvalue weighted by Crippen LogP contribution is -2.20. The maximum Gasteiger partial charge on any atom is 0.174 e. The van der Waals surface area contributed by atoms with Gasteiger partial charge in [-0.15, -0.1) is 0 Å². The van der Waals surface area contributed by atoms with E-state index in [1.54, 1.807) is 0 Å². The van der Waals surface area contributed by atoms with E-state index in [0.29, 0.717) is 6.54 Å². The largest absolute Gasteiger partial charge is 0.478 e. The molecule has 0 unspecified atom stereocenters. The predicted octanol–water partition coefficient (Wildman–Crippen LogP) is 1.88. The first-order chi connectivity index (χ1) is 9.79. The van der Waals surface area contributed by atoms with Gasteiger partial charge in [0, 0.05) is 24.8 Å². The minimum absolute atomic E-state index is 0.0730. The van der Waals surface area contributed by atoms with Crippen molar-refractivity contribution in [3.63, 3.8) is 0 Å². The zero-order chi connectivity index (χ0) is 14.2. The zero-order valence-corrected chi connectivity index (χ0v) is 11.5. The van der Waals surface area contributed by atoms with E-state index in [4.69, 9.17) is 10.00 Å². The van der Waals surface area contributed by atoms with Crippen molar-refractivity contribution in [1.29, 1.82) is 5.26 Å². The molecule has 0 aliphatic rings. The summed E-state index contributed by atoms with van der Waals surface area (Å²) in [5.41, 5.74) is 2.22. The van der Waals surface area contributed by atoms with Gasteiger partial charge in [0.25, 0.3) is 0 Å². The number of ether oxygens (including phenoxy) is 1. The van der Waals surface area contributed by atoms with Crippen molar-refractivity contribution < 1.29 is 4.74 Å². The van der Waals surface area contributed by atoms with Gasteiger partial charge in [0.15, 0.2) is 6.61 Å². The summed E-state index contributed by atoms with van der Waals surface area (Å²) in [6, 6.07) is 9.73. The van der Waals surface area contributed by atoms with Crippen LogP contribution in [0.3, 0.4) is 0 Å². The second kappa shape index (κ2) is 7.31. The molecule has 0 saturated carbocycles. The molecule has 0 aliphatic heterocycles. The zero-order valence-electron chi connectivity index (χ0n) is 11.5. The Morgan fingerprint density at radius 3 is 3.00 bits per heavy atom. The Morgan fingerprint density at radius 2 is 2.25 bits per heavy atom. The third kappa shape index (κ3) is 4.11. The van der Waals surface area contributed by atoms with Gasteiger partial charge in [0.1, 0.15) is 11.8 Å². The molecule has 0 radical (unpaired) electrons. The van der Waals surface area contributed by atoms with Crippen LogP contribution in [0.1, 0.15) is 11.1 Å². The summed E-state index contributed by atoms with van der Waals surface area (Å²) in [5, 5.41) is 16.1. The molecule has 1 heterocycles. The van der Waals surface area contributed by atoms with Crippen LogP contribution in [0, 0.1) is 18.3 Å². The quantitative estimate of drug-likeness (QED) is 0.780. The first-order valence-corrected chi connectivity index (χ1v) is 6.57. The van der Waals surface area contributed by atoms with E-state index in [0.717, 1.165) is 24.4 Å². The van der Waals surface area contributed by atoms with Gasteiger partial charge in [-0.05, 0) is 18.6 Å². The van der Waals surface area contributed by atoms with Gasteiger partial charge in [0.2, 0.25) is 0 Å². The van der Waals surface area contributed by atoms with E-state index in [-0.39, 0.29) is 6.61 Å². The molecule has 0 amide bonds. The molecule has 20 heavy (non-hydrogen) atoms. The third-order valence-electron chi connectivity index (χ3n) is 2.86. The molecule has 0 bridgehead atoms. The summed E-state index contributed by atoms with van der Waals surface area (Å²) in [5.74, 6) is 0.761. The molecule has 5 heteroatoms. The molecular formula is C15H18N4O. The predicted molar refractivity (Wildman–Crippen MR) is 76.2 cm³/mol. The van der Waals surface area contributed by atoms with Crippen LogP contribution in [-0.4, -0.2) is 22.9 Å². The van der Waals surface area contributed by atoms with Crippen LogP contribution in [0.25, 0.3) is 0 Å². The summed E-state index contributed by atoms with van der Waals surface area (Å²) in [6.45, 7) is 4.47. The lowest BCUT2D eigenvalue weighted by atomic mass is 10.2. The number of rotatable bonds is 7. The molecule has 2 aromatic rings. The normalized spacial score (nSPS) is 10.2. The van der Waals surface area contributed by atoms with Crippen LogP contribution in [0.15, 0.2) is 36.7 Å². The highest BCUT2D eigenvalue weighted by Gasteiger charge is 2.02. The van der Waals surface area contributed by atoms with Crippen molar-refractivity contribution in [1.82, 2.24) is 15.1 Å². The summed E-state index contributed by atoms with van der Waals surface area (Å²) in [7, 11) is 0. The van der Waals surface area contributed by atoms with E-state index in [2.05, 4.69) is 10.4 Å². The van der Waals surface area contributed by atoms with E-state index in [9.17, 15) is 0 Å².